The first-order valence-electron chi connectivity index (χ1n) is 9.02. The van der Waals surface area contributed by atoms with E-state index in [1.54, 1.807) is 11.8 Å². The zero-order chi connectivity index (χ0) is 18.4. The second kappa shape index (κ2) is 8.52. The van der Waals surface area contributed by atoms with E-state index in [2.05, 4.69) is 5.32 Å². The van der Waals surface area contributed by atoms with E-state index in [4.69, 9.17) is 4.74 Å². The normalized spacial score (nSPS) is 15.0. The Balaban J connectivity index is 1.49. The molecular weight excluding hydrogens is 328 g/mol. The molecule has 0 aliphatic carbocycles. The van der Waals surface area contributed by atoms with Crippen LogP contribution in [-0.2, 0) is 16.0 Å². The van der Waals surface area contributed by atoms with E-state index in [9.17, 15) is 9.59 Å². The average molecular weight is 352 g/mol. The van der Waals surface area contributed by atoms with Gasteiger partial charge in [0, 0.05) is 19.5 Å². The topological polar surface area (TPSA) is 58.6 Å². The van der Waals surface area contributed by atoms with Gasteiger partial charge in [0.15, 0.2) is 0 Å². The summed E-state index contributed by atoms with van der Waals surface area (Å²) in [5.74, 6) is 1.54. The third-order valence-electron chi connectivity index (χ3n) is 4.55. The molecule has 0 unspecified atom stereocenters. The zero-order valence-electron chi connectivity index (χ0n) is 15.0. The predicted molar refractivity (Wildman–Crippen MR) is 100 cm³/mol. The monoisotopic (exact) mass is 352 g/mol. The molecule has 1 fully saturated rings. The van der Waals surface area contributed by atoms with Gasteiger partial charge in [-0.3, -0.25) is 9.59 Å². The quantitative estimate of drug-likeness (QED) is 0.833. The largest absolute Gasteiger partial charge is 0.457 e. The van der Waals surface area contributed by atoms with Gasteiger partial charge >= 0.3 is 0 Å². The van der Waals surface area contributed by atoms with Crippen molar-refractivity contribution >= 4 is 11.8 Å². The van der Waals surface area contributed by atoms with Crippen molar-refractivity contribution in [3.63, 3.8) is 0 Å². The Bertz CT molecular complexity index is 761. The van der Waals surface area contributed by atoms with E-state index in [1.165, 1.54) is 0 Å². The van der Waals surface area contributed by atoms with Crippen LogP contribution in [0.5, 0.6) is 11.5 Å². The number of nitrogens with zero attached hydrogens (tertiary/aromatic N) is 1. The van der Waals surface area contributed by atoms with Gasteiger partial charge in [-0.05, 0) is 49.6 Å². The molecule has 136 valence electrons. The van der Waals surface area contributed by atoms with Crippen LogP contribution in [-0.4, -0.2) is 35.8 Å². The van der Waals surface area contributed by atoms with Crippen molar-refractivity contribution in [2.24, 2.45) is 0 Å². The van der Waals surface area contributed by atoms with Crippen LogP contribution in [0.4, 0.5) is 0 Å². The van der Waals surface area contributed by atoms with Crippen LogP contribution in [0.15, 0.2) is 54.6 Å². The molecule has 1 atom stereocenters. The van der Waals surface area contributed by atoms with Crippen LogP contribution >= 0.6 is 0 Å². The van der Waals surface area contributed by atoms with E-state index in [0.717, 1.165) is 23.5 Å². The molecule has 1 N–H and O–H groups in total. The van der Waals surface area contributed by atoms with E-state index in [-0.39, 0.29) is 11.8 Å². The molecule has 1 heterocycles. The van der Waals surface area contributed by atoms with Gasteiger partial charge in [-0.1, -0.05) is 30.3 Å². The summed E-state index contributed by atoms with van der Waals surface area (Å²) in [5, 5.41) is 2.92. The van der Waals surface area contributed by atoms with Gasteiger partial charge in [0.2, 0.25) is 11.8 Å². The first-order chi connectivity index (χ1) is 12.6. The molecule has 5 nitrogen and oxygen atoms in total. The highest BCUT2D eigenvalue weighted by molar-refractivity contribution is 5.88. The van der Waals surface area contributed by atoms with Crippen LogP contribution in [0.3, 0.4) is 0 Å². The smallest absolute Gasteiger partial charge is 0.242 e. The second-order valence-corrected chi connectivity index (χ2v) is 6.47. The maximum atomic E-state index is 12.2. The molecule has 3 rings (SSSR count). The third-order valence-corrected chi connectivity index (χ3v) is 4.55. The number of likely N-dealkylation sites (tertiary alicyclic amines) is 1. The second-order valence-electron chi connectivity index (χ2n) is 6.47. The van der Waals surface area contributed by atoms with Gasteiger partial charge < -0.3 is 15.0 Å². The summed E-state index contributed by atoms with van der Waals surface area (Å²) in [4.78, 5) is 25.6. The maximum Gasteiger partial charge on any atom is 0.242 e. The van der Waals surface area contributed by atoms with Gasteiger partial charge in [0.1, 0.15) is 17.5 Å². The average Bonchev–Trinajstić information content (AvgIpc) is 3.08. The minimum Gasteiger partial charge on any atom is -0.457 e. The Hall–Kier alpha value is -2.82. The van der Waals surface area contributed by atoms with E-state index >= 15 is 0 Å². The van der Waals surface area contributed by atoms with E-state index in [0.29, 0.717) is 25.9 Å². The summed E-state index contributed by atoms with van der Waals surface area (Å²) < 4.78 is 5.83. The van der Waals surface area contributed by atoms with Crippen molar-refractivity contribution < 1.29 is 14.3 Å². The number of ether oxygens (including phenoxy) is 1. The van der Waals surface area contributed by atoms with Crippen LogP contribution in [0.25, 0.3) is 0 Å². The zero-order valence-corrected chi connectivity index (χ0v) is 15.0. The molecule has 0 saturated carbocycles. The Morgan fingerprint density at radius 1 is 1.15 bits per heavy atom. The highest BCUT2D eigenvalue weighted by Gasteiger charge is 2.28. The maximum absolute atomic E-state index is 12.2. The Morgan fingerprint density at radius 2 is 1.92 bits per heavy atom. The van der Waals surface area contributed by atoms with Crippen molar-refractivity contribution in [2.45, 2.75) is 32.2 Å². The fourth-order valence-corrected chi connectivity index (χ4v) is 3.09. The van der Waals surface area contributed by atoms with Gasteiger partial charge in [-0.2, -0.15) is 0 Å². The fourth-order valence-electron chi connectivity index (χ4n) is 3.09. The first kappa shape index (κ1) is 18.0. The van der Waals surface area contributed by atoms with Crippen molar-refractivity contribution in [3.8, 4) is 11.5 Å². The van der Waals surface area contributed by atoms with Crippen molar-refractivity contribution in [2.75, 3.05) is 13.1 Å². The van der Waals surface area contributed by atoms with Crippen LogP contribution in [0.1, 0.15) is 25.3 Å². The van der Waals surface area contributed by atoms with Crippen molar-refractivity contribution in [1.82, 2.24) is 10.2 Å². The predicted octanol–water partition coefficient (Wildman–Crippen LogP) is 3.15. The Labute approximate surface area is 154 Å². The lowest BCUT2D eigenvalue weighted by atomic mass is 10.1. The molecule has 1 aliphatic heterocycles. The lowest BCUT2D eigenvalue weighted by Crippen LogP contribution is -2.46. The summed E-state index contributed by atoms with van der Waals surface area (Å²) in [7, 11) is 0. The Morgan fingerprint density at radius 3 is 2.65 bits per heavy atom. The van der Waals surface area contributed by atoms with Crippen molar-refractivity contribution in [3.05, 3.63) is 60.2 Å². The molecule has 1 aliphatic rings. The number of rotatable bonds is 7. The number of hydrogen-bond acceptors (Lipinski definition) is 3. The summed E-state index contributed by atoms with van der Waals surface area (Å²) in [6, 6.07) is 17.1. The minimum absolute atomic E-state index is 0.0680. The number of carbonyl (C=O) groups is 2. The molecule has 26 heavy (non-hydrogen) atoms. The summed E-state index contributed by atoms with van der Waals surface area (Å²) in [6.45, 7) is 2.99. The third kappa shape index (κ3) is 4.63. The van der Waals surface area contributed by atoms with Crippen LogP contribution in [0.2, 0.25) is 0 Å². The number of carbonyl (C=O) groups excluding carboxylic acids is 2. The Kier molecular flexibility index (Phi) is 5.89. The first-order valence-corrected chi connectivity index (χ1v) is 9.02. The van der Waals surface area contributed by atoms with Crippen molar-refractivity contribution in [1.29, 1.82) is 0 Å². The van der Waals surface area contributed by atoms with Gasteiger partial charge in [-0.15, -0.1) is 0 Å². The van der Waals surface area contributed by atoms with Gasteiger partial charge in [0.25, 0.3) is 0 Å². The summed E-state index contributed by atoms with van der Waals surface area (Å²) in [5.41, 5.74) is 1.09. The molecule has 0 radical (unpaired) electrons. The van der Waals surface area contributed by atoms with Crippen LogP contribution in [0, 0.1) is 0 Å². The molecule has 0 aromatic heterocycles. The number of para-hydroxylation sites is 1. The van der Waals surface area contributed by atoms with E-state index in [1.807, 2.05) is 54.6 Å². The molecule has 0 spiro atoms. The number of benzene rings is 2. The SMILES string of the molecule is C[C@@H](C(=O)NCCc1cccc(Oc2ccccc2)c1)N1CCCC1=O. The lowest BCUT2D eigenvalue weighted by molar-refractivity contribution is -0.136. The number of amides is 2. The standard InChI is InChI=1S/C21H24N2O3/c1-16(23-14-6-11-20(23)24)21(25)22-13-12-17-7-5-10-19(15-17)26-18-8-3-2-4-9-18/h2-5,7-10,15-16H,6,11-14H2,1H3,(H,22,25)/t16-/m0/s1. The fraction of sp³-hybridized carbons (Fsp3) is 0.333. The van der Waals surface area contributed by atoms with Gasteiger partial charge in [-0.25, -0.2) is 0 Å². The molecule has 5 heteroatoms. The lowest BCUT2D eigenvalue weighted by Gasteiger charge is -2.23. The highest BCUT2D eigenvalue weighted by Crippen LogP contribution is 2.22. The summed E-state index contributed by atoms with van der Waals surface area (Å²) >= 11 is 0. The van der Waals surface area contributed by atoms with Crippen LogP contribution < -0.4 is 10.1 Å². The molecule has 1 saturated heterocycles. The molecule has 2 aromatic carbocycles. The minimum atomic E-state index is -0.405. The van der Waals surface area contributed by atoms with E-state index < -0.39 is 6.04 Å². The molecule has 2 aromatic rings. The number of hydrogen-bond donors (Lipinski definition) is 1. The summed E-state index contributed by atoms with van der Waals surface area (Å²) in [6.07, 6.45) is 2.09. The molecular formula is C21H24N2O3. The number of nitrogens with one attached hydrogen (secondary N) is 1. The van der Waals surface area contributed by atoms with Gasteiger partial charge in [0.05, 0.1) is 0 Å². The highest BCUT2D eigenvalue weighted by atomic mass is 16.5. The molecule has 0 bridgehead atoms. The molecule has 2 amide bonds.